The number of methoxy groups -OCH3 is 1. The molecule has 3 nitrogen and oxygen atoms in total. The lowest BCUT2D eigenvalue weighted by Crippen LogP contribution is -2.17. The molecular weight excluding hydrogens is 357 g/mol. The number of hydrogen-bond acceptors (Lipinski definition) is 3. The van der Waals surface area contributed by atoms with E-state index in [-0.39, 0.29) is 35.3 Å². The highest BCUT2D eigenvalue weighted by atomic mass is 19.1. The minimum absolute atomic E-state index is 0.0329. The molecule has 0 amide bonds. The van der Waals surface area contributed by atoms with Gasteiger partial charge in [0.15, 0.2) is 5.78 Å². The summed E-state index contributed by atoms with van der Waals surface area (Å²) in [6.07, 6.45) is 5.27. The molecule has 0 aliphatic heterocycles. The predicted molar refractivity (Wildman–Crippen MR) is 92.6 cm³/mol. The van der Waals surface area contributed by atoms with Gasteiger partial charge in [-0.3, -0.25) is 9.59 Å². The average Bonchev–Trinajstić information content (AvgIpc) is 2.88. The summed E-state index contributed by atoms with van der Waals surface area (Å²) in [5.74, 6) is -3.04. The third kappa shape index (κ3) is 3.33. The lowest BCUT2D eigenvalue weighted by molar-refractivity contribution is -0.124. The quantitative estimate of drug-likeness (QED) is 0.601. The molecule has 2 unspecified atom stereocenters. The first-order valence-corrected chi connectivity index (χ1v) is 8.20. The van der Waals surface area contributed by atoms with Gasteiger partial charge in [0.1, 0.15) is 34.9 Å². The van der Waals surface area contributed by atoms with E-state index < -0.39 is 40.9 Å². The normalized spacial score (nSPS) is 19.2. The van der Waals surface area contributed by atoms with E-state index in [9.17, 15) is 22.8 Å². The Morgan fingerprint density at radius 3 is 2.52 bits per heavy atom. The van der Waals surface area contributed by atoms with Crippen molar-refractivity contribution in [1.29, 1.82) is 0 Å². The lowest BCUT2D eigenvalue weighted by atomic mass is 9.90. The third-order valence-corrected chi connectivity index (χ3v) is 4.66. The zero-order valence-electron chi connectivity index (χ0n) is 14.4. The maximum absolute atomic E-state index is 14.9. The predicted octanol–water partition coefficient (Wildman–Crippen LogP) is 4.04. The second-order valence-electron chi connectivity index (χ2n) is 6.31. The van der Waals surface area contributed by atoms with Gasteiger partial charge in [-0.2, -0.15) is 0 Å². The molecular formula is C21H15F3O3. The van der Waals surface area contributed by atoms with Crippen LogP contribution in [0.25, 0.3) is 11.1 Å². The molecule has 1 aliphatic carbocycles. The van der Waals surface area contributed by atoms with Gasteiger partial charge in [0.05, 0.1) is 7.11 Å². The van der Waals surface area contributed by atoms with Gasteiger partial charge in [-0.05, 0) is 29.8 Å². The van der Waals surface area contributed by atoms with Crippen molar-refractivity contribution in [3.63, 3.8) is 0 Å². The Morgan fingerprint density at radius 2 is 1.89 bits per heavy atom. The van der Waals surface area contributed by atoms with Gasteiger partial charge >= 0.3 is 0 Å². The third-order valence-electron chi connectivity index (χ3n) is 4.66. The Labute approximate surface area is 154 Å². The molecule has 6 heteroatoms. The minimum Gasteiger partial charge on any atom is -0.496 e. The summed E-state index contributed by atoms with van der Waals surface area (Å²) in [7, 11) is 1.26. The Kier molecular flexibility index (Phi) is 5.04. The summed E-state index contributed by atoms with van der Waals surface area (Å²) in [5.41, 5.74) is -0.114. The highest BCUT2D eigenvalue weighted by Gasteiger charge is 2.44. The highest BCUT2D eigenvalue weighted by Crippen LogP contribution is 2.41. The Hall–Kier alpha value is -3.07. The minimum atomic E-state index is -1.30. The molecule has 0 aromatic heterocycles. The van der Waals surface area contributed by atoms with Crippen LogP contribution in [0.3, 0.4) is 0 Å². The maximum atomic E-state index is 14.9. The van der Waals surface area contributed by atoms with Crippen LogP contribution >= 0.6 is 0 Å². The number of carbonyl (C=O) groups excluding carboxylic acids is 2. The molecule has 0 N–H and O–H groups in total. The molecule has 0 radical (unpaired) electrons. The fourth-order valence-electron chi connectivity index (χ4n) is 3.39. The van der Waals surface area contributed by atoms with Crippen molar-refractivity contribution in [2.75, 3.05) is 7.11 Å². The van der Waals surface area contributed by atoms with E-state index in [1.807, 2.05) is 0 Å². The molecule has 0 bridgehead atoms. The van der Waals surface area contributed by atoms with E-state index in [0.29, 0.717) is 6.07 Å². The molecule has 1 aliphatic rings. The van der Waals surface area contributed by atoms with Gasteiger partial charge in [0.2, 0.25) is 0 Å². The van der Waals surface area contributed by atoms with Crippen molar-refractivity contribution in [3.8, 4) is 29.2 Å². The molecule has 2 aromatic rings. The average molecular weight is 372 g/mol. The molecule has 3 rings (SSSR count). The van der Waals surface area contributed by atoms with Crippen LogP contribution in [0.15, 0.2) is 30.3 Å². The molecule has 0 spiro atoms. The second-order valence-corrected chi connectivity index (χ2v) is 6.31. The van der Waals surface area contributed by atoms with Crippen LogP contribution in [0, 0.1) is 35.7 Å². The number of benzene rings is 2. The van der Waals surface area contributed by atoms with Crippen molar-refractivity contribution < 1.29 is 27.5 Å². The summed E-state index contributed by atoms with van der Waals surface area (Å²) in [5, 5.41) is 0. The van der Waals surface area contributed by atoms with Gasteiger partial charge in [0.25, 0.3) is 0 Å². The summed E-state index contributed by atoms with van der Waals surface area (Å²) in [4.78, 5) is 24.9. The monoisotopic (exact) mass is 372 g/mol. The largest absolute Gasteiger partial charge is 0.496 e. The number of Topliss-reactive ketones (excluding diaryl/α,β-unsaturated/α-hetero) is 2. The van der Waals surface area contributed by atoms with Crippen molar-refractivity contribution in [1.82, 2.24) is 0 Å². The summed E-state index contributed by atoms with van der Waals surface area (Å²) in [6, 6.07) is 5.23. The van der Waals surface area contributed by atoms with E-state index >= 15 is 0 Å². The number of hydrogen-bond donors (Lipinski definition) is 0. The van der Waals surface area contributed by atoms with Crippen LogP contribution < -0.4 is 4.74 Å². The van der Waals surface area contributed by atoms with Crippen LogP contribution in [-0.2, 0) is 9.59 Å². The Morgan fingerprint density at radius 1 is 1.15 bits per heavy atom. The lowest BCUT2D eigenvalue weighted by Gasteiger charge is -2.16. The van der Waals surface area contributed by atoms with E-state index in [4.69, 9.17) is 11.2 Å². The molecule has 1 saturated carbocycles. The van der Waals surface area contributed by atoms with Crippen molar-refractivity contribution in [2.45, 2.75) is 18.8 Å². The van der Waals surface area contributed by atoms with Gasteiger partial charge in [-0.25, -0.2) is 13.2 Å². The standard InChI is InChI=1S/C21H15F3O3/c1-3-4-11-8-17(25)20(21(11)26)19-16(24)7-12(9-18(19)27-2)14-6-5-13(22)10-15(14)23/h1,5-7,9-11,20H,4,8H2,2H3. The highest BCUT2D eigenvalue weighted by molar-refractivity contribution is 6.15. The fourth-order valence-corrected chi connectivity index (χ4v) is 3.39. The van der Waals surface area contributed by atoms with Crippen molar-refractivity contribution in [2.24, 2.45) is 5.92 Å². The Bertz CT molecular complexity index is 975. The van der Waals surface area contributed by atoms with Gasteiger partial charge in [-0.1, -0.05) is 0 Å². The van der Waals surface area contributed by atoms with E-state index in [0.717, 1.165) is 12.1 Å². The maximum Gasteiger partial charge on any atom is 0.152 e. The zero-order valence-corrected chi connectivity index (χ0v) is 14.4. The van der Waals surface area contributed by atoms with Crippen molar-refractivity contribution in [3.05, 3.63) is 53.3 Å². The zero-order chi connectivity index (χ0) is 19.7. The summed E-state index contributed by atoms with van der Waals surface area (Å²) >= 11 is 0. The first-order chi connectivity index (χ1) is 12.9. The number of halogens is 3. The first-order valence-electron chi connectivity index (χ1n) is 8.20. The number of ketones is 2. The number of carbonyl (C=O) groups is 2. The van der Waals surface area contributed by atoms with Crippen LogP contribution in [-0.4, -0.2) is 18.7 Å². The SMILES string of the molecule is C#CCC1CC(=O)C(c2c(F)cc(-c3ccc(F)cc3F)cc2OC)C1=O. The van der Waals surface area contributed by atoms with E-state index in [1.165, 1.54) is 19.2 Å². The first kappa shape index (κ1) is 18.7. The topological polar surface area (TPSA) is 43.4 Å². The van der Waals surface area contributed by atoms with E-state index in [1.54, 1.807) is 0 Å². The van der Waals surface area contributed by atoms with Crippen LogP contribution in [0.2, 0.25) is 0 Å². The van der Waals surface area contributed by atoms with E-state index in [2.05, 4.69) is 5.92 Å². The molecule has 2 aromatic carbocycles. The number of terminal acetylenes is 1. The molecule has 138 valence electrons. The van der Waals surface area contributed by atoms with Gasteiger partial charge < -0.3 is 4.74 Å². The van der Waals surface area contributed by atoms with Crippen LogP contribution in [0.5, 0.6) is 5.75 Å². The number of ether oxygens (including phenoxy) is 1. The molecule has 0 heterocycles. The van der Waals surface area contributed by atoms with Crippen LogP contribution in [0.1, 0.15) is 24.3 Å². The molecule has 0 saturated heterocycles. The molecule has 1 fully saturated rings. The van der Waals surface area contributed by atoms with Crippen LogP contribution in [0.4, 0.5) is 13.2 Å². The Balaban J connectivity index is 2.10. The van der Waals surface area contributed by atoms with Gasteiger partial charge in [0, 0.05) is 36.0 Å². The summed E-state index contributed by atoms with van der Waals surface area (Å²) < 4.78 is 47.2. The molecule has 27 heavy (non-hydrogen) atoms. The summed E-state index contributed by atoms with van der Waals surface area (Å²) in [6.45, 7) is 0. The number of rotatable bonds is 4. The second kappa shape index (κ2) is 7.28. The smallest absolute Gasteiger partial charge is 0.152 e. The van der Waals surface area contributed by atoms with Gasteiger partial charge in [-0.15, -0.1) is 12.3 Å². The fraction of sp³-hybridized carbons (Fsp3) is 0.238. The molecule has 2 atom stereocenters. The van der Waals surface area contributed by atoms with Crippen molar-refractivity contribution >= 4 is 11.6 Å².